The molecule has 0 radical (unpaired) electrons. The smallest absolute Gasteiger partial charge is 0.253 e. The lowest BCUT2D eigenvalue weighted by atomic mass is 10.1. The Kier molecular flexibility index (Phi) is 4.48. The second-order valence-corrected chi connectivity index (χ2v) is 5.14. The lowest BCUT2D eigenvalue weighted by Gasteiger charge is -2.18. The van der Waals surface area contributed by atoms with Crippen molar-refractivity contribution in [3.8, 4) is 5.75 Å². The Morgan fingerprint density at radius 3 is 2.43 bits per heavy atom. The third-order valence-corrected chi connectivity index (χ3v) is 3.27. The van der Waals surface area contributed by atoms with E-state index >= 15 is 0 Å². The summed E-state index contributed by atoms with van der Waals surface area (Å²) in [7, 11) is 3.41. The third-order valence-electron chi connectivity index (χ3n) is 3.27. The Morgan fingerprint density at radius 1 is 1.19 bits per heavy atom. The highest BCUT2D eigenvalue weighted by molar-refractivity contribution is 5.95. The fourth-order valence-electron chi connectivity index (χ4n) is 2.23. The van der Waals surface area contributed by atoms with Crippen LogP contribution in [0.4, 0.5) is 5.69 Å². The van der Waals surface area contributed by atoms with Crippen molar-refractivity contribution in [1.82, 2.24) is 4.90 Å². The van der Waals surface area contributed by atoms with E-state index in [2.05, 4.69) is 0 Å². The van der Waals surface area contributed by atoms with Crippen LogP contribution in [0.5, 0.6) is 5.75 Å². The fourth-order valence-corrected chi connectivity index (χ4v) is 2.23. The largest absolute Gasteiger partial charge is 0.497 e. The molecule has 2 aromatic carbocycles. The van der Waals surface area contributed by atoms with E-state index in [0.29, 0.717) is 17.8 Å². The van der Waals surface area contributed by atoms with Crippen LogP contribution in [0.3, 0.4) is 0 Å². The van der Waals surface area contributed by atoms with Crippen LogP contribution in [0.15, 0.2) is 42.5 Å². The van der Waals surface area contributed by atoms with Crippen molar-refractivity contribution in [3.05, 3.63) is 59.2 Å². The summed E-state index contributed by atoms with van der Waals surface area (Å²) in [6, 6.07) is 13.1. The van der Waals surface area contributed by atoms with Crippen LogP contribution >= 0.6 is 0 Å². The van der Waals surface area contributed by atoms with Crippen LogP contribution in [0.1, 0.15) is 21.5 Å². The normalized spacial score (nSPS) is 10.2. The molecule has 0 aliphatic carbocycles. The first-order chi connectivity index (χ1) is 9.99. The SMILES string of the molecule is COc1ccc(CN(C)C(=O)c2cc(C)cc(N)c2)cc1. The molecule has 0 aromatic heterocycles. The molecule has 4 nitrogen and oxygen atoms in total. The van der Waals surface area contributed by atoms with Crippen molar-refractivity contribution < 1.29 is 9.53 Å². The summed E-state index contributed by atoms with van der Waals surface area (Å²) in [6.07, 6.45) is 0. The van der Waals surface area contributed by atoms with Crippen molar-refractivity contribution in [2.24, 2.45) is 0 Å². The summed E-state index contributed by atoms with van der Waals surface area (Å²) < 4.78 is 5.12. The van der Waals surface area contributed by atoms with Gasteiger partial charge in [0.25, 0.3) is 5.91 Å². The summed E-state index contributed by atoms with van der Waals surface area (Å²) in [4.78, 5) is 14.1. The summed E-state index contributed by atoms with van der Waals surface area (Å²) in [5.41, 5.74) is 9.05. The number of amides is 1. The maximum atomic E-state index is 12.4. The highest BCUT2D eigenvalue weighted by atomic mass is 16.5. The molecule has 0 saturated heterocycles. The fraction of sp³-hybridized carbons (Fsp3) is 0.235. The Hall–Kier alpha value is -2.49. The second-order valence-electron chi connectivity index (χ2n) is 5.14. The summed E-state index contributed by atoms with van der Waals surface area (Å²) >= 11 is 0. The van der Waals surface area contributed by atoms with Gasteiger partial charge in [0.15, 0.2) is 0 Å². The lowest BCUT2D eigenvalue weighted by Crippen LogP contribution is -2.26. The molecule has 0 bridgehead atoms. The lowest BCUT2D eigenvalue weighted by molar-refractivity contribution is 0.0785. The highest BCUT2D eigenvalue weighted by Gasteiger charge is 2.13. The van der Waals surface area contributed by atoms with Gasteiger partial charge in [0.05, 0.1) is 7.11 Å². The van der Waals surface area contributed by atoms with Crippen LogP contribution in [0.25, 0.3) is 0 Å². The molecule has 2 rings (SSSR count). The topological polar surface area (TPSA) is 55.6 Å². The van der Waals surface area contributed by atoms with Crippen LogP contribution in [-0.2, 0) is 6.54 Å². The van der Waals surface area contributed by atoms with Crippen molar-refractivity contribution in [2.75, 3.05) is 19.9 Å². The van der Waals surface area contributed by atoms with E-state index < -0.39 is 0 Å². The zero-order chi connectivity index (χ0) is 15.4. The molecule has 4 heteroatoms. The number of carbonyl (C=O) groups is 1. The monoisotopic (exact) mass is 284 g/mol. The summed E-state index contributed by atoms with van der Waals surface area (Å²) in [5, 5.41) is 0. The van der Waals surface area contributed by atoms with Gasteiger partial charge < -0.3 is 15.4 Å². The molecular formula is C17H20N2O2. The quantitative estimate of drug-likeness (QED) is 0.878. The number of rotatable bonds is 4. The number of nitrogens with two attached hydrogens (primary N) is 1. The van der Waals surface area contributed by atoms with Crippen molar-refractivity contribution in [3.63, 3.8) is 0 Å². The Balaban J connectivity index is 2.11. The molecule has 2 N–H and O–H groups in total. The van der Waals surface area contributed by atoms with Gasteiger partial charge in [-0.3, -0.25) is 4.79 Å². The minimum Gasteiger partial charge on any atom is -0.497 e. The van der Waals surface area contributed by atoms with Gasteiger partial charge in [-0.15, -0.1) is 0 Å². The number of methoxy groups -OCH3 is 1. The molecule has 21 heavy (non-hydrogen) atoms. The van der Waals surface area contributed by atoms with Crippen molar-refractivity contribution >= 4 is 11.6 Å². The van der Waals surface area contributed by atoms with E-state index in [0.717, 1.165) is 16.9 Å². The van der Waals surface area contributed by atoms with Gasteiger partial charge in [0, 0.05) is 24.8 Å². The molecule has 0 unspecified atom stereocenters. The second kappa shape index (κ2) is 6.31. The zero-order valence-corrected chi connectivity index (χ0v) is 12.6. The van der Waals surface area contributed by atoms with Gasteiger partial charge in [-0.05, 0) is 48.4 Å². The van der Waals surface area contributed by atoms with Gasteiger partial charge in [-0.1, -0.05) is 12.1 Å². The molecule has 0 aliphatic rings. The average molecular weight is 284 g/mol. The molecule has 0 aliphatic heterocycles. The van der Waals surface area contributed by atoms with Crippen LogP contribution in [-0.4, -0.2) is 25.0 Å². The molecule has 0 spiro atoms. The van der Waals surface area contributed by atoms with Gasteiger partial charge in [0.2, 0.25) is 0 Å². The van der Waals surface area contributed by atoms with Crippen LogP contribution in [0.2, 0.25) is 0 Å². The predicted molar refractivity (Wildman–Crippen MR) is 84.4 cm³/mol. The number of anilines is 1. The van der Waals surface area contributed by atoms with Gasteiger partial charge in [-0.2, -0.15) is 0 Å². The molecule has 0 saturated carbocycles. The Labute approximate surface area is 125 Å². The van der Waals surface area contributed by atoms with E-state index in [4.69, 9.17) is 10.5 Å². The van der Waals surface area contributed by atoms with E-state index in [1.54, 1.807) is 25.1 Å². The highest BCUT2D eigenvalue weighted by Crippen LogP contribution is 2.16. The molecule has 2 aromatic rings. The number of nitrogen functional groups attached to an aromatic ring is 1. The van der Waals surface area contributed by atoms with Crippen molar-refractivity contribution in [1.29, 1.82) is 0 Å². The minimum absolute atomic E-state index is 0.0405. The average Bonchev–Trinajstić information content (AvgIpc) is 2.46. The maximum Gasteiger partial charge on any atom is 0.253 e. The minimum atomic E-state index is -0.0405. The molecule has 0 fully saturated rings. The summed E-state index contributed by atoms with van der Waals surface area (Å²) in [5.74, 6) is 0.764. The third kappa shape index (κ3) is 3.75. The Morgan fingerprint density at radius 2 is 1.86 bits per heavy atom. The van der Waals surface area contributed by atoms with E-state index in [1.807, 2.05) is 43.3 Å². The number of benzene rings is 2. The van der Waals surface area contributed by atoms with Crippen LogP contribution in [0, 0.1) is 6.92 Å². The predicted octanol–water partition coefficient (Wildman–Crippen LogP) is 2.86. The van der Waals surface area contributed by atoms with Crippen molar-refractivity contribution in [2.45, 2.75) is 13.5 Å². The molecule has 1 amide bonds. The Bertz CT molecular complexity index is 615. The number of ether oxygens (including phenoxy) is 1. The molecule has 0 heterocycles. The van der Waals surface area contributed by atoms with Crippen LogP contribution < -0.4 is 10.5 Å². The number of nitrogens with zero attached hydrogens (tertiary/aromatic N) is 1. The molecule has 0 atom stereocenters. The molecular weight excluding hydrogens is 264 g/mol. The first kappa shape index (κ1) is 14.9. The first-order valence-corrected chi connectivity index (χ1v) is 6.75. The van der Waals surface area contributed by atoms with E-state index in [-0.39, 0.29) is 5.91 Å². The van der Waals surface area contributed by atoms with E-state index in [9.17, 15) is 4.79 Å². The number of hydrogen-bond donors (Lipinski definition) is 1. The molecule has 110 valence electrons. The summed E-state index contributed by atoms with van der Waals surface area (Å²) in [6.45, 7) is 2.47. The number of aryl methyl sites for hydroxylation is 1. The van der Waals surface area contributed by atoms with E-state index in [1.165, 1.54) is 0 Å². The zero-order valence-electron chi connectivity index (χ0n) is 12.6. The van der Waals surface area contributed by atoms with Gasteiger partial charge in [-0.25, -0.2) is 0 Å². The first-order valence-electron chi connectivity index (χ1n) is 6.75. The van der Waals surface area contributed by atoms with Gasteiger partial charge in [0.1, 0.15) is 5.75 Å². The number of hydrogen-bond acceptors (Lipinski definition) is 3. The maximum absolute atomic E-state index is 12.4. The standard InChI is InChI=1S/C17H20N2O2/c1-12-8-14(10-15(18)9-12)17(20)19(2)11-13-4-6-16(21-3)7-5-13/h4-10H,11,18H2,1-3H3. The number of carbonyl (C=O) groups excluding carboxylic acids is 1. The van der Waals surface area contributed by atoms with Gasteiger partial charge >= 0.3 is 0 Å².